The van der Waals surface area contributed by atoms with E-state index in [1.165, 1.54) is 13.8 Å². The monoisotopic (exact) mass is 878 g/mol. The summed E-state index contributed by atoms with van der Waals surface area (Å²) < 4.78 is 51.5. The van der Waals surface area contributed by atoms with Crippen molar-refractivity contribution in [3.05, 3.63) is 0 Å². The van der Waals surface area contributed by atoms with Gasteiger partial charge in [0.25, 0.3) is 0 Å². The van der Waals surface area contributed by atoms with Gasteiger partial charge in [0.2, 0.25) is 11.8 Å². The zero-order chi connectivity index (χ0) is 44.3. The predicted octanol–water partition coefficient (Wildman–Crippen LogP) is -9.93. The second-order valence-corrected chi connectivity index (χ2v) is 15.3. The maximum atomic E-state index is 12.5. The number of carbonyl (C=O) groups excluding carboxylic acids is 2. The largest absolute Gasteiger partial charge is 0.394 e. The summed E-state index contributed by atoms with van der Waals surface area (Å²) in [6, 6.07) is -2.71. The van der Waals surface area contributed by atoms with Gasteiger partial charge in [0.1, 0.15) is 110 Å². The van der Waals surface area contributed by atoms with Crippen molar-refractivity contribution >= 4 is 11.8 Å². The Morgan fingerprint density at radius 2 is 1.02 bits per heavy atom. The first-order valence-corrected chi connectivity index (χ1v) is 19.3. The van der Waals surface area contributed by atoms with E-state index in [0.29, 0.717) is 0 Å². The Labute approximate surface area is 342 Å². The molecule has 348 valence electrons. The second kappa shape index (κ2) is 21.2. The van der Waals surface area contributed by atoms with Crippen molar-refractivity contribution in [1.29, 1.82) is 0 Å². The number of hydrogen-bond acceptors (Lipinski definition) is 24. The molecule has 60 heavy (non-hydrogen) atoms. The fourth-order valence-electron chi connectivity index (χ4n) is 7.62. The lowest BCUT2D eigenvalue weighted by molar-refractivity contribution is -0.379. The lowest BCUT2D eigenvalue weighted by atomic mass is 9.94. The van der Waals surface area contributed by atoms with E-state index in [4.69, 9.17) is 42.6 Å². The normalized spacial score (nSPS) is 48.9. The first-order valence-electron chi connectivity index (χ1n) is 19.3. The summed E-state index contributed by atoms with van der Waals surface area (Å²) in [6.07, 6.45) is -36.9. The van der Waals surface area contributed by atoms with Crippen molar-refractivity contribution in [3.63, 3.8) is 0 Å². The Morgan fingerprint density at radius 1 is 0.517 bits per heavy atom. The summed E-state index contributed by atoms with van der Waals surface area (Å²) in [4.78, 5) is 24.5. The molecule has 24 atom stereocenters. The van der Waals surface area contributed by atoms with Crippen LogP contribution in [0.2, 0.25) is 0 Å². The van der Waals surface area contributed by atoms with Crippen molar-refractivity contribution in [3.8, 4) is 0 Å². The van der Waals surface area contributed by atoms with Crippen LogP contribution in [0.5, 0.6) is 0 Å². The van der Waals surface area contributed by atoms with Crippen LogP contribution in [0.15, 0.2) is 0 Å². The maximum Gasteiger partial charge on any atom is 0.217 e. The Bertz CT molecular complexity index is 1390. The molecular formula is C34H58N2O24. The molecular weight excluding hydrogens is 820 g/mol. The summed E-state index contributed by atoms with van der Waals surface area (Å²) in [6.45, 7) is 0.198. The van der Waals surface area contributed by atoms with Crippen molar-refractivity contribution in [1.82, 2.24) is 10.6 Å². The summed E-state index contributed by atoms with van der Waals surface area (Å²) in [5, 5.41) is 142. The number of amides is 2. The zero-order valence-electron chi connectivity index (χ0n) is 32.7. The molecule has 5 fully saturated rings. The third-order valence-corrected chi connectivity index (χ3v) is 11.0. The molecule has 0 bridgehead atoms. The highest BCUT2D eigenvalue weighted by molar-refractivity contribution is 5.73. The fourth-order valence-corrected chi connectivity index (χ4v) is 7.62. The van der Waals surface area contributed by atoms with Crippen LogP contribution in [-0.2, 0) is 52.2 Å². The molecule has 0 aromatic rings. The van der Waals surface area contributed by atoms with Gasteiger partial charge in [-0.15, -0.1) is 0 Å². The molecule has 0 spiro atoms. The molecule has 26 nitrogen and oxygen atoms in total. The van der Waals surface area contributed by atoms with E-state index in [0.717, 1.165) is 6.92 Å². The molecule has 5 aliphatic heterocycles. The molecule has 5 aliphatic rings. The predicted molar refractivity (Wildman–Crippen MR) is 187 cm³/mol. The molecule has 0 aromatic carbocycles. The number of aliphatic hydroxyl groups excluding tert-OH is 13. The van der Waals surface area contributed by atoms with Gasteiger partial charge >= 0.3 is 0 Å². The minimum atomic E-state index is -2.06. The van der Waals surface area contributed by atoms with Crippen molar-refractivity contribution in [2.45, 2.75) is 168 Å². The van der Waals surface area contributed by atoms with Crippen LogP contribution in [-0.4, -0.2) is 258 Å². The quantitative estimate of drug-likeness (QED) is 0.0770. The van der Waals surface area contributed by atoms with Crippen molar-refractivity contribution in [2.24, 2.45) is 0 Å². The van der Waals surface area contributed by atoms with Crippen LogP contribution in [0.25, 0.3) is 0 Å². The van der Waals surface area contributed by atoms with Gasteiger partial charge in [-0.3, -0.25) is 9.59 Å². The molecule has 5 saturated heterocycles. The van der Waals surface area contributed by atoms with Gasteiger partial charge in [0, 0.05) is 13.8 Å². The lowest BCUT2D eigenvalue weighted by Gasteiger charge is -2.50. The summed E-state index contributed by atoms with van der Waals surface area (Å²) in [5.74, 6) is -1.31. The van der Waals surface area contributed by atoms with E-state index in [2.05, 4.69) is 10.6 Å². The van der Waals surface area contributed by atoms with Gasteiger partial charge in [0.15, 0.2) is 25.2 Å². The summed E-state index contributed by atoms with van der Waals surface area (Å²) >= 11 is 0. The number of hydrogen-bond donors (Lipinski definition) is 15. The average Bonchev–Trinajstić information content (AvgIpc) is 3.21. The number of ether oxygens (including phenoxy) is 9. The van der Waals surface area contributed by atoms with Crippen LogP contribution in [0.1, 0.15) is 20.8 Å². The van der Waals surface area contributed by atoms with E-state index in [1.54, 1.807) is 0 Å². The van der Waals surface area contributed by atoms with Gasteiger partial charge in [-0.05, 0) is 6.92 Å². The molecule has 0 aromatic heterocycles. The molecule has 5 heterocycles. The van der Waals surface area contributed by atoms with Gasteiger partial charge in [-0.1, -0.05) is 0 Å². The minimum Gasteiger partial charge on any atom is -0.394 e. The molecule has 0 saturated carbocycles. The van der Waals surface area contributed by atoms with E-state index < -0.39 is 185 Å². The first kappa shape index (κ1) is 49.1. The Balaban J connectivity index is 1.36. The van der Waals surface area contributed by atoms with Crippen LogP contribution >= 0.6 is 0 Å². The third-order valence-electron chi connectivity index (χ3n) is 11.0. The van der Waals surface area contributed by atoms with Gasteiger partial charge in [-0.25, -0.2) is 0 Å². The molecule has 0 aliphatic carbocycles. The molecule has 1 unspecified atom stereocenters. The van der Waals surface area contributed by atoms with E-state index in [1.807, 2.05) is 0 Å². The molecule has 0 radical (unpaired) electrons. The van der Waals surface area contributed by atoms with E-state index >= 15 is 0 Å². The average molecular weight is 879 g/mol. The molecule has 26 heteroatoms. The Morgan fingerprint density at radius 3 is 1.62 bits per heavy atom. The van der Waals surface area contributed by atoms with Gasteiger partial charge in [0.05, 0.1) is 45.2 Å². The van der Waals surface area contributed by atoms with Gasteiger partial charge < -0.3 is 120 Å². The highest BCUT2D eigenvalue weighted by atomic mass is 16.8. The topological polar surface area (TPSA) is 404 Å². The van der Waals surface area contributed by atoms with Crippen LogP contribution < -0.4 is 10.6 Å². The SMILES string of the molecule is CC(=O)NC1[C@H](O[C@H]2[C@H](O)[C@@H](NC(C)=O)CO[C@@H]2CO[C@@H]2O[C@@H](C)[C@@H](O)[C@@H](O)[C@@H]2O)O[C@H](CO)[C@@H](O[C@@H]2O[C@H](CO)[C@@H](O)[C@H](O[C@H]3O[C@H](CO)[C@@H](O)[C@H](O)[C@@H]3O)[C@@H]2O)[C@@H]1O. The number of aliphatic hydroxyl groups is 13. The Hall–Kier alpha value is -1.94. The smallest absolute Gasteiger partial charge is 0.217 e. The summed E-state index contributed by atoms with van der Waals surface area (Å²) in [5.41, 5.74) is 0. The standard InChI is InChI=1S/C34H58N2O24/c1-9-18(42)23(47)25(49)32(54-9)53-8-16-29(19(43)12(7-52-16)35-10(2)40)58-31-17(36-11(3)41)22(46)28(15(6-39)57-31)59-34-27(51)30(21(45)14(5-38)56-34)60-33-26(50)24(48)20(44)13(4-37)55-33/h9,12-34,37-39,42-51H,4-8H2,1-3H3,(H,35,40)(H,36,41)/t9-,12-,13+,14+,15+,16+,17?,18+,19+,20+,21+,22+,23+,24-,25-,26-,27-,28+,29+,30-,31-,32+,33+,34-/m0/s1. The molecule has 15 N–H and O–H groups in total. The highest BCUT2D eigenvalue weighted by Gasteiger charge is 2.55. The number of carbonyl (C=O) groups is 2. The number of rotatable bonds is 14. The molecule has 5 rings (SSSR count). The van der Waals surface area contributed by atoms with Crippen LogP contribution in [0.3, 0.4) is 0 Å². The lowest BCUT2D eigenvalue weighted by Crippen LogP contribution is -2.70. The van der Waals surface area contributed by atoms with Crippen LogP contribution in [0, 0.1) is 0 Å². The van der Waals surface area contributed by atoms with Gasteiger partial charge in [-0.2, -0.15) is 0 Å². The first-order chi connectivity index (χ1) is 28.3. The van der Waals surface area contributed by atoms with E-state index in [-0.39, 0.29) is 6.61 Å². The van der Waals surface area contributed by atoms with Crippen LogP contribution in [0.4, 0.5) is 0 Å². The second-order valence-electron chi connectivity index (χ2n) is 15.3. The maximum absolute atomic E-state index is 12.5. The van der Waals surface area contributed by atoms with Crippen molar-refractivity contribution in [2.75, 3.05) is 33.0 Å². The fraction of sp³-hybridized carbons (Fsp3) is 0.941. The summed E-state index contributed by atoms with van der Waals surface area (Å²) in [7, 11) is 0. The minimum absolute atomic E-state index is 0.284. The zero-order valence-corrected chi connectivity index (χ0v) is 32.7. The number of nitrogens with one attached hydrogen (secondary N) is 2. The Kier molecular flexibility index (Phi) is 17.3. The molecule has 2 amide bonds. The third kappa shape index (κ3) is 10.7. The highest BCUT2D eigenvalue weighted by Crippen LogP contribution is 2.34. The van der Waals surface area contributed by atoms with Crippen molar-refractivity contribution < 1.29 is 119 Å². The van der Waals surface area contributed by atoms with E-state index in [9.17, 15) is 76.0 Å².